The van der Waals surface area contributed by atoms with Crippen LogP contribution in [-0.4, -0.2) is 49.2 Å². The Morgan fingerprint density at radius 2 is 0.818 bits per heavy atom. The van der Waals surface area contributed by atoms with Crippen molar-refractivity contribution in [3.63, 3.8) is 0 Å². The van der Waals surface area contributed by atoms with Crippen molar-refractivity contribution in [1.82, 2.24) is 0 Å². The Labute approximate surface area is 171 Å². The van der Waals surface area contributed by atoms with Crippen LogP contribution in [0.15, 0.2) is 0 Å². The molecule has 0 heterocycles. The maximum Gasteiger partial charge on any atom is 0.163 e. The molecule has 4 unspecified atom stereocenters. The number of aliphatic hydroxyl groups is 1. The molecule has 6 fully saturated rings. The Hall–Kier alpha value is 2.57. The minimum absolute atomic E-state index is 1.28. The summed E-state index contributed by atoms with van der Waals surface area (Å²) < 4.78 is -1.82. The summed E-state index contributed by atoms with van der Waals surface area (Å²) in [6.07, 6.45) is 0. The van der Waals surface area contributed by atoms with E-state index in [1.54, 1.807) is 13.8 Å². The molecule has 22 heavy (non-hydrogen) atoms. The fourth-order valence-corrected chi connectivity index (χ4v) is 15.6. The molecule has 6 aliphatic rings. The van der Waals surface area contributed by atoms with Gasteiger partial charge in [0.1, 0.15) is 34.1 Å². The first-order valence-electron chi connectivity index (χ1n) is 6.42. The molecule has 1 nitrogen and oxygen atoms in total. The molecule has 0 spiro atoms. The van der Waals surface area contributed by atoms with E-state index in [9.17, 15) is 5.11 Å². The molecule has 6 aliphatic carbocycles. The highest BCUT2D eigenvalue weighted by Crippen LogP contribution is 3.19. The summed E-state index contributed by atoms with van der Waals surface area (Å²) in [5.41, 5.74) is -2.71. The number of rotatable bonds is 1. The van der Waals surface area contributed by atoms with Crippen molar-refractivity contribution in [2.75, 3.05) is 0 Å². The van der Waals surface area contributed by atoms with Gasteiger partial charge in [0.25, 0.3) is 0 Å². The summed E-state index contributed by atoms with van der Waals surface area (Å²) in [4.78, 5) is -10.6. The van der Waals surface area contributed by atoms with Crippen molar-refractivity contribution < 1.29 is 5.11 Å². The molecule has 0 radical (unpaired) electrons. The third-order valence-electron chi connectivity index (χ3n) is 7.13. The van der Waals surface area contributed by atoms with E-state index in [0.717, 1.165) is 0 Å². The second kappa shape index (κ2) is 3.07. The zero-order chi connectivity index (χ0) is 17.0. The van der Waals surface area contributed by atoms with E-state index in [-0.39, 0.29) is 0 Å². The quantitative estimate of drug-likeness (QED) is 0.527. The standard InChI is InChI=1S/C12H7Cl9O/c1-3(2,22)4-5(13)8(16)6(4,14)10(18)7(4,15)9(5,17)11(8,19)12(10,20)21/h22H,1-2H3/t4?,5?,6-,7+,8-,9-,10?,11?/m0/s1. The topological polar surface area (TPSA) is 20.2 Å². The minimum atomic E-state index is -1.82. The number of hydrogen-bond donors (Lipinski definition) is 1. The van der Waals surface area contributed by atoms with Gasteiger partial charge in [-0.25, -0.2) is 0 Å². The van der Waals surface area contributed by atoms with Gasteiger partial charge in [0.05, 0.1) is 11.0 Å². The van der Waals surface area contributed by atoms with E-state index in [0.29, 0.717) is 0 Å². The maximum atomic E-state index is 10.8. The van der Waals surface area contributed by atoms with Crippen LogP contribution >= 0.6 is 104 Å². The summed E-state index contributed by atoms with van der Waals surface area (Å²) in [7, 11) is 0. The zero-order valence-corrected chi connectivity index (χ0v) is 17.7. The molecule has 10 heteroatoms. The lowest BCUT2D eigenvalue weighted by Gasteiger charge is -3.07. The highest BCUT2D eigenvalue weighted by Gasteiger charge is 3.37. The highest BCUT2D eigenvalue weighted by molar-refractivity contribution is 6.78. The third-order valence-corrected chi connectivity index (χ3v) is 15.4. The van der Waals surface area contributed by atoms with E-state index in [1.807, 2.05) is 0 Å². The van der Waals surface area contributed by atoms with Crippen molar-refractivity contribution in [3.05, 3.63) is 0 Å². The summed E-state index contributed by atoms with van der Waals surface area (Å²) in [5, 5.41) is 10.8. The van der Waals surface area contributed by atoms with Crippen molar-refractivity contribution in [1.29, 1.82) is 0 Å². The maximum absolute atomic E-state index is 10.8. The molecule has 124 valence electrons. The predicted octanol–water partition coefficient (Wildman–Crippen LogP) is 4.83. The van der Waals surface area contributed by atoms with Gasteiger partial charge < -0.3 is 5.11 Å². The van der Waals surface area contributed by atoms with Crippen LogP contribution in [0.2, 0.25) is 0 Å². The number of alkyl halides is 9. The van der Waals surface area contributed by atoms with E-state index in [4.69, 9.17) is 104 Å². The molecule has 6 rings (SSSR count). The van der Waals surface area contributed by atoms with Crippen LogP contribution in [0, 0.1) is 5.41 Å². The molecular weight excluding hydrogens is 479 g/mol. The predicted molar refractivity (Wildman–Crippen MR) is 93.3 cm³/mol. The van der Waals surface area contributed by atoms with E-state index < -0.39 is 49.5 Å². The minimum Gasteiger partial charge on any atom is -0.390 e. The lowest BCUT2D eigenvalue weighted by atomic mass is 9.08. The van der Waals surface area contributed by atoms with Crippen LogP contribution in [0.5, 0.6) is 0 Å². The van der Waals surface area contributed by atoms with Crippen LogP contribution < -0.4 is 0 Å². The van der Waals surface area contributed by atoms with Gasteiger partial charge in [-0.05, 0) is 13.8 Å². The first kappa shape index (κ1) is 16.7. The van der Waals surface area contributed by atoms with Crippen molar-refractivity contribution in [2.24, 2.45) is 5.41 Å². The van der Waals surface area contributed by atoms with Crippen LogP contribution in [0.4, 0.5) is 0 Å². The lowest BCUT2D eigenvalue weighted by Crippen LogP contribution is -3.27. The average Bonchev–Trinajstić information content (AvgIpc) is 2.43. The Bertz CT molecular complexity index is 682. The molecule has 0 aromatic carbocycles. The smallest absolute Gasteiger partial charge is 0.163 e. The highest BCUT2D eigenvalue weighted by atomic mass is 35.5. The van der Waals surface area contributed by atoms with E-state index in [2.05, 4.69) is 0 Å². The van der Waals surface area contributed by atoms with Gasteiger partial charge in [-0.3, -0.25) is 0 Å². The lowest BCUT2D eigenvalue weighted by molar-refractivity contribution is -0.396. The summed E-state index contributed by atoms with van der Waals surface area (Å²) in [5.74, 6) is 0. The van der Waals surface area contributed by atoms with Gasteiger partial charge in [0.15, 0.2) is 4.33 Å². The van der Waals surface area contributed by atoms with Gasteiger partial charge >= 0.3 is 0 Å². The van der Waals surface area contributed by atoms with Gasteiger partial charge in [0.2, 0.25) is 0 Å². The second-order valence-corrected chi connectivity index (χ2v) is 12.8. The SMILES string of the molecule is CC(C)(O)C12C3(Cl)[C@@]4(Cl)C5(Cl)C(Cl)(Cl)C(Cl)([C@@]14Cl)[C@@]2(Cl)[C@]53Cl. The summed E-state index contributed by atoms with van der Waals surface area (Å²) in [6, 6.07) is 0. The Morgan fingerprint density at radius 1 is 0.545 bits per heavy atom. The van der Waals surface area contributed by atoms with Crippen LogP contribution in [0.3, 0.4) is 0 Å². The second-order valence-electron chi connectivity index (χ2n) is 7.49. The molecule has 8 atom stereocenters. The molecule has 0 aromatic heterocycles. The first-order chi connectivity index (χ1) is 9.50. The third kappa shape index (κ3) is 0.635. The Balaban J connectivity index is 1.99. The fraction of sp³-hybridized carbons (Fsp3) is 1.00. The van der Waals surface area contributed by atoms with Crippen molar-refractivity contribution >= 4 is 104 Å². The van der Waals surface area contributed by atoms with E-state index in [1.165, 1.54) is 0 Å². The largest absolute Gasteiger partial charge is 0.390 e. The zero-order valence-electron chi connectivity index (χ0n) is 10.8. The molecule has 0 aliphatic heterocycles. The summed E-state index contributed by atoms with van der Waals surface area (Å²) in [6.45, 7) is 3.08. The monoisotopic (exact) mass is 482 g/mol. The molecule has 0 aromatic rings. The molecule has 1 N–H and O–H groups in total. The summed E-state index contributed by atoms with van der Waals surface area (Å²) >= 11 is 60.8. The van der Waals surface area contributed by atoms with Crippen molar-refractivity contribution in [3.8, 4) is 0 Å². The van der Waals surface area contributed by atoms with Crippen molar-refractivity contribution in [2.45, 2.75) is 57.9 Å². The Kier molecular flexibility index (Phi) is 2.33. The molecule has 0 saturated heterocycles. The number of hydrogen-bond acceptors (Lipinski definition) is 1. The molecule has 6 saturated carbocycles. The van der Waals surface area contributed by atoms with Crippen LogP contribution in [-0.2, 0) is 0 Å². The van der Waals surface area contributed by atoms with E-state index >= 15 is 0 Å². The van der Waals surface area contributed by atoms with Gasteiger partial charge in [-0.15, -0.1) is 81.2 Å². The van der Waals surface area contributed by atoms with Gasteiger partial charge in [-0.2, -0.15) is 0 Å². The fourth-order valence-electron chi connectivity index (χ4n) is 6.99. The Morgan fingerprint density at radius 3 is 1.14 bits per heavy atom. The normalized spacial score (nSPS) is 78.0. The molecule has 2 bridgehead atoms. The van der Waals surface area contributed by atoms with Gasteiger partial charge in [-0.1, -0.05) is 23.2 Å². The molecular formula is C12H7Cl9O. The molecule has 0 amide bonds. The average molecular weight is 486 g/mol. The first-order valence-corrected chi connectivity index (χ1v) is 9.83. The van der Waals surface area contributed by atoms with Crippen LogP contribution in [0.25, 0.3) is 0 Å². The van der Waals surface area contributed by atoms with Gasteiger partial charge in [0, 0.05) is 0 Å². The number of halogens is 9. The van der Waals surface area contributed by atoms with Crippen LogP contribution in [0.1, 0.15) is 13.8 Å².